The minimum absolute atomic E-state index is 0. The third kappa shape index (κ3) is 5.94. The van der Waals surface area contributed by atoms with Gasteiger partial charge in [0.2, 0.25) is 0 Å². The van der Waals surface area contributed by atoms with Crippen LogP contribution in [0, 0.1) is 5.92 Å². The van der Waals surface area contributed by atoms with Gasteiger partial charge in [-0.1, -0.05) is 13.8 Å². The van der Waals surface area contributed by atoms with Crippen LogP contribution in [0.3, 0.4) is 0 Å². The summed E-state index contributed by atoms with van der Waals surface area (Å²) in [5.74, 6) is 1.88. The molecular formula is C18H37IN6. The van der Waals surface area contributed by atoms with Crippen molar-refractivity contribution in [1.82, 2.24) is 24.9 Å². The lowest BCUT2D eigenvalue weighted by Gasteiger charge is -2.47. The van der Waals surface area contributed by atoms with Gasteiger partial charge in [-0.25, -0.2) is 0 Å². The molecule has 2 bridgehead atoms. The lowest BCUT2D eigenvalue weighted by atomic mass is 10.1. The Bertz CT molecular complexity index is 414. The van der Waals surface area contributed by atoms with Gasteiger partial charge in [-0.05, 0) is 12.8 Å². The highest BCUT2D eigenvalue weighted by Crippen LogP contribution is 2.16. The second-order valence-electron chi connectivity index (χ2n) is 7.87. The SMILES string of the molecule is CCNC(=NCC1CN2CCN1CC2)N1CCN(CC(C)C)CC1.I. The predicted molar refractivity (Wildman–Crippen MR) is 116 cm³/mol. The van der Waals surface area contributed by atoms with Crippen LogP contribution in [0.2, 0.25) is 0 Å². The summed E-state index contributed by atoms with van der Waals surface area (Å²) in [6.07, 6.45) is 0. The number of rotatable bonds is 5. The zero-order valence-electron chi connectivity index (χ0n) is 16.3. The van der Waals surface area contributed by atoms with Crippen molar-refractivity contribution in [3.05, 3.63) is 0 Å². The Hall–Kier alpha value is -0.120. The second kappa shape index (κ2) is 10.3. The summed E-state index contributed by atoms with van der Waals surface area (Å²) >= 11 is 0. The van der Waals surface area contributed by atoms with Crippen LogP contribution in [0.15, 0.2) is 4.99 Å². The van der Waals surface area contributed by atoms with Crippen molar-refractivity contribution >= 4 is 29.9 Å². The van der Waals surface area contributed by atoms with Crippen LogP contribution in [-0.4, -0.2) is 110 Å². The number of hydrogen-bond donors (Lipinski definition) is 1. The van der Waals surface area contributed by atoms with Crippen molar-refractivity contribution in [2.75, 3.05) is 78.5 Å². The van der Waals surface area contributed by atoms with Crippen LogP contribution in [0.4, 0.5) is 0 Å². The summed E-state index contributed by atoms with van der Waals surface area (Å²) in [5, 5.41) is 3.52. The zero-order valence-corrected chi connectivity index (χ0v) is 18.6. The third-order valence-corrected chi connectivity index (χ3v) is 5.47. The number of piperazine rings is 4. The summed E-state index contributed by atoms with van der Waals surface area (Å²) in [6, 6.07) is 0.614. The van der Waals surface area contributed by atoms with Gasteiger partial charge < -0.3 is 10.2 Å². The van der Waals surface area contributed by atoms with E-state index in [1.165, 1.54) is 39.3 Å². The van der Waals surface area contributed by atoms with Gasteiger partial charge in [0.25, 0.3) is 0 Å². The number of aliphatic imine (C=N–C) groups is 1. The summed E-state index contributed by atoms with van der Waals surface area (Å²) in [6.45, 7) is 20.5. The Morgan fingerprint density at radius 1 is 1.04 bits per heavy atom. The van der Waals surface area contributed by atoms with E-state index in [4.69, 9.17) is 4.99 Å². The van der Waals surface area contributed by atoms with Gasteiger partial charge in [-0.3, -0.25) is 19.7 Å². The van der Waals surface area contributed by atoms with Crippen LogP contribution in [0.25, 0.3) is 0 Å². The molecule has 146 valence electrons. The predicted octanol–water partition coefficient (Wildman–Crippen LogP) is 0.843. The molecule has 0 aromatic rings. The monoisotopic (exact) mass is 464 g/mol. The molecule has 0 aromatic carbocycles. The molecule has 4 rings (SSSR count). The van der Waals surface area contributed by atoms with Crippen LogP contribution in [0.1, 0.15) is 20.8 Å². The normalized spacial score (nSPS) is 30.5. The third-order valence-electron chi connectivity index (χ3n) is 5.47. The van der Waals surface area contributed by atoms with E-state index < -0.39 is 0 Å². The van der Waals surface area contributed by atoms with E-state index in [2.05, 4.69) is 45.7 Å². The molecule has 0 radical (unpaired) electrons. The number of fused-ring (bicyclic) bond motifs is 3. The van der Waals surface area contributed by atoms with Gasteiger partial charge >= 0.3 is 0 Å². The molecule has 0 aromatic heterocycles. The summed E-state index contributed by atoms with van der Waals surface area (Å²) in [7, 11) is 0. The average molecular weight is 464 g/mol. The van der Waals surface area contributed by atoms with E-state index in [0.29, 0.717) is 6.04 Å². The molecule has 4 aliphatic heterocycles. The Morgan fingerprint density at radius 3 is 2.24 bits per heavy atom. The van der Waals surface area contributed by atoms with Crippen molar-refractivity contribution in [2.24, 2.45) is 10.9 Å². The molecule has 0 aliphatic carbocycles. The van der Waals surface area contributed by atoms with Crippen LogP contribution in [0.5, 0.6) is 0 Å². The van der Waals surface area contributed by atoms with Crippen molar-refractivity contribution in [3.63, 3.8) is 0 Å². The van der Waals surface area contributed by atoms with E-state index >= 15 is 0 Å². The average Bonchev–Trinajstić information content (AvgIpc) is 2.60. The van der Waals surface area contributed by atoms with E-state index in [1.807, 2.05) is 0 Å². The molecule has 1 unspecified atom stereocenters. The molecule has 4 heterocycles. The molecule has 0 amide bonds. The number of nitrogens with one attached hydrogen (secondary N) is 1. The van der Waals surface area contributed by atoms with Crippen molar-refractivity contribution in [1.29, 1.82) is 0 Å². The summed E-state index contributed by atoms with van der Waals surface area (Å²) < 4.78 is 0. The number of halogens is 1. The minimum Gasteiger partial charge on any atom is -0.357 e. The highest BCUT2D eigenvalue weighted by atomic mass is 127. The maximum atomic E-state index is 5.01. The Morgan fingerprint density at radius 2 is 1.72 bits per heavy atom. The van der Waals surface area contributed by atoms with E-state index in [9.17, 15) is 0 Å². The van der Waals surface area contributed by atoms with Crippen molar-refractivity contribution in [2.45, 2.75) is 26.8 Å². The Kier molecular flexibility index (Phi) is 8.71. The first-order chi connectivity index (χ1) is 11.7. The first-order valence-corrected chi connectivity index (χ1v) is 9.87. The molecule has 1 atom stereocenters. The number of hydrogen-bond acceptors (Lipinski definition) is 4. The Labute approximate surface area is 171 Å². The summed E-state index contributed by atoms with van der Waals surface area (Å²) in [4.78, 5) is 15.3. The maximum absolute atomic E-state index is 5.01. The van der Waals surface area contributed by atoms with Gasteiger partial charge in [0, 0.05) is 78.0 Å². The molecule has 4 aliphatic rings. The zero-order chi connectivity index (χ0) is 16.9. The summed E-state index contributed by atoms with van der Waals surface area (Å²) in [5.41, 5.74) is 0. The van der Waals surface area contributed by atoms with Crippen LogP contribution >= 0.6 is 24.0 Å². The molecule has 4 saturated heterocycles. The lowest BCUT2D eigenvalue weighted by Crippen LogP contribution is -2.62. The van der Waals surface area contributed by atoms with Crippen molar-refractivity contribution < 1.29 is 0 Å². The molecule has 0 spiro atoms. The van der Waals surface area contributed by atoms with E-state index in [0.717, 1.165) is 51.1 Å². The molecule has 7 heteroatoms. The smallest absolute Gasteiger partial charge is 0.194 e. The first-order valence-electron chi connectivity index (χ1n) is 9.87. The van der Waals surface area contributed by atoms with Crippen molar-refractivity contribution in [3.8, 4) is 0 Å². The molecule has 0 saturated carbocycles. The fourth-order valence-electron chi connectivity index (χ4n) is 4.17. The van der Waals surface area contributed by atoms with Gasteiger partial charge in [-0.2, -0.15) is 0 Å². The topological polar surface area (TPSA) is 37.4 Å². The van der Waals surface area contributed by atoms with E-state index in [1.54, 1.807) is 0 Å². The maximum Gasteiger partial charge on any atom is 0.194 e. The van der Waals surface area contributed by atoms with Crippen LogP contribution in [-0.2, 0) is 0 Å². The molecule has 6 nitrogen and oxygen atoms in total. The quantitative estimate of drug-likeness (QED) is 0.371. The minimum atomic E-state index is 0. The van der Waals surface area contributed by atoms with Gasteiger partial charge in [0.1, 0.15) is 0 Å². The van der Waals surface area contributed by atoms with Gasteiger partial charge in [0.05, 0.1) is 6.54 Å². The second-order valence-corrected chi connectivity index (χ2v) is 7.87. The standard InChI is InChI=1S/C18H36N6.HI/c1-4-19-18(24-11-7-21(8-12-24)14-16(2)3)20-13-17-15-22-5-9-23(17)10-6-22;/h16-17H,4-15H2,1-3H3,(H,19,20);1H. The molecular weight excluding hydrogens is 427 g/mol. The highest BCUT2D eigenvalue weighted by molar-refractivity contribution is 14.0. The number of nitrogens with zero attached hydrogens (tertiary/aromatic N) is 5. The largest absolute Gasteiger partial charge is 0.357 e. The lowest BCUT2D eigenvalue weighted by molar-refractivity contribution is 0.0173. The fraction of sp³-hybridized carbons (Fsp3) is 0.944. The van der Waals surface area contributed by atoms with Gasteiger partial charge in [-0.15, -0.1) is 24.0 Å². The molecule has 1 N–H and O–H groups in total. The molecule has 4 fully saturated rings. The Balaban J connectivity index is 0.00000225. The van der Waals surface area contributed by atoms with E-state index in [-0.39, 0.29) is 24.0 Å². The number of guanidine groups is 1. The first kappa shape index (κ1) is 21.2. The highest BCUT2D eigenvalue weighted by Gasteiger charge is 2.31. The van der Waals surface area contributed by atoms with Gasteiger partial charge in [0.15, 0.2) is 5.96 Å². The molecule has 25 heavy (non-hydrogen) atoms. The fourth-order valence-corrected chi connectivity index (χ4v) is 4.17. The van der Waals surface area contributed by atoms with Crippen LogP contribution < -0.4 is 5.32 Å².